The van der Waals surface area contributed by atoms with Gasteiger partial charge in [0.2, 0.25) is 0 Å². The first kappa shape index (κ1) is 14.3. The van der Waals surface area contributed by atoms with Crippen molar-refractivity contribution in [2.45, 2.75) is 13.0 Å². The van der Waals surface area contributed by atoms with Crippen LogP contribution in [0.2, 0.25) is 10.0 Å². The second-order valence-corrected chi connectivity index (χ2v) is 5.21. The average molecular weight is 298 g/mol. The van der Waals surface area contributed by atoms with Crippen LogP contribution in [0.1, 0.15) is 22.7 Å². The Kier molecular flexibility index (Phi) is 4.46. The van der Waals surface area contributed by atoms with E-state index < -0.39 is 0 Å². The molecule has 0 heterocycles. The highest BCUT2D eigenvalue weighted by Gasteiger charge is 2.16. The standard InChI is InChI=1S/C15H14Cl2FN/c1-9-3-4-10(7-13(9)16)15(19-2)12-6-5-11(18)8-14(12)17/h3-8,15,19H,1-2H3. The fourth-order valence-electron chi connectivity index (χ4n) is 2.03. The SMILES string of the molecule is CNC(c1ccc(C)c(Cl)c1)c1ccc(F)cc1Cl. The largest absolute Gasteiger partial charge is 0.309 e. The molecule has 0 aliphatic carbocycles. The molecule has 19 heavy (non-hydrogen) atoms. The van der Waals surface area contributed by atoms with E-state index >= 15 is 0 Å². The van der Waals surface area contributed by atoms with Crippen molar-refractivity contribution in [3.05, 3.63) is 69.0 Å². The lowest BCUT2D eigenvalue weighted by atomic mass is 9.98. The molecule has 0 spiro atoms. The van der Waals surface area contributed by atoms with Gasteiger partial charge in [-0.3, -0.25) is 0 Å². The highest BCUT2D eigenvalue weighted by Crippen LogP contribution is 2.30. The lowest BCUT2D eigenvalue weighted by Crippen LogP contribution is -2.18. The Morgan fingerprint density at radius 3 is 2.37 bits per heavy atom. The number of aryl methyl sites for hydroxylation is 1. The smallest absolute Gasteiger partial charge is 0.124 e. The third-order valence-electron chi connectivity index (χ3n) is 3.09. The minimum Gasteiger partial charge on any atom is -0.309 e. The molecular formula is C15H14Cl2FN. The molecule has 0 saturated heterocycles. The van der Waals surface area contributed by atoms with Crippen molar-refractivity contribution in [2.75, 3.05) is 7.05 Å². The Morgan fingerprint density at radius 1 is 1.05 bits per heavy atom. The van der Waals surface area contributed by atoms with Gasteiger partial charge in [-0.05, 0) is 48.9 Å². The van der Waals surface area contributed by atoms with E-state index in [2.05, 4.69) is 5.32 Å². The summed E-state index contributed by atoms with van der Waals surface area (Å²) in [4.78, 5) is 0. The molecule has 1 unspecified atom stereocenters. The molecule has 0 bridgehead atoms. The van der Waals surface area contributed by atoms with Crippen molar-refractivity contribution >= 4 is 23.2 Å². The zero-order valence-corrected chi connectivity index (χ0v) is 12.2. The van der Waals surface area contributed by atoms with Gasteiger partial charge in [0.15, 0.2) is 0 Å². The zero-order chi connectivity index (χ0) is 14.0. The first-order valence-corrected chi connectivity index (χ1v) is 6.66. The molecule has 2 aromatic rings. The summed E-state index contributed by atoms with van der Waals surface area (Å²) >= 11 is 12.3. The van der Waals surface area contributed by atoms with E-state index in [9.17, 15) is 4.39 Å². The minimum atomic E-state index is -0.342. The van der Waals surface area contributed by atoms with Crippen LogP contribution in [-0.2, 0) is 0 Å². The first-order chi connectivity index (χ1) is 9.02. The van der Waals surface area contributed by atoms with Gasteiger partial charge in [0.1, 0.15) is 5.82 Å². The van der Waals surface area contributed by atoms with Crippen LogP contribution in [0.15, 0.2) is 36.4 Å². The van der Waals surface area contributed by atoms with E-state index in [1.54, 1.807) is 6.07 Å². The Morgan fingerprint density at radius 2 is 1.79 bits per heavy atom. The Labute approximate surface area is 122 Å². The second kappa shape index (κ2) is 5.91. The van der Waals surface area contributed by atoms with Gasteiger partial charge in [0.05, 0.1) is 6.04 Å². The quantitative estimate of drug-likeness (QED) is 0.862. The van der Waals surface area contributed by atoms with Crippen LogP contribution in [0.5, 0.6) is 0 Å². The van der Waals surface area contributed by atoms with Crippen LogP contribution < -0.4 is 5.32 Å². The third kappa shape index (κ3) is 3.08. The Bertz CT molecular complexity index is 599. The molecule has 100 valence electrons. The van der Waals surface area contributed by atoms with Crippen LogP contribution in [-0.4, -0.2) is 7.05 Å². The highest BCUT2D eigenvalue weighted by molar-refractivity contribution is 6.31. The molecule has 2 rings (SSSR count). The van der Waals surface area contributed by atoms with Gasteiger partial charge in [0, 0.05) is 10.0 Å². The van der Waals surface area contributed by atoms with Crippen molar-refractivity contribution < 1.29 is 4.39 Å². The number of nitrogens with one attached hydrogen (secondary N) is 1. The van der Waals surface area contributed by atoms with Crippen molar-refractivity contribution in [1.82, 2.24) is 5.32 Å². The van der Waals surface area contributed by atoms with E-state index in [1.165, 1.54) is 12.1 Å². The van der Waals surface area contributed by atoms with E-state index in [0.717, 1.165) is 16.7 Å². The van der Waals surface area contributed by atoms with Gasteiger partial charge in [-0.15, -0.1) is 0 Å². The van der Waals surface area contributed by atoms with Crippen molar-refractivity contribution in [2.24, 2.45) is 0 Å². The van der Waals surface area contributed by atoms with Crippen LogP contribution in [0.4, 0.5) is 4.39 Å². The van der Waals surface area contributed by atoms with Crippen molar-refractivity contribution in [3.63, 3.8) is 0 Å². The first-order valence-electron chi connectivity index (χ1n) is 5.91. The van der Waals surface area contributed by atoms with Crippen LogP contribution in [0.25, 0.3) is 0 Å². The summed E-state index contributed by atoms with van der Waals surface area (Å²) in [5, 5.41) is 4.28. The third-order valence-corrected chi connectivity index (χ3v) is 3.83. The molecule has 0 aliphatic rings. The zero-order valence-electron chi connectivity index (χ0n) is 10.7. The van der Waals surface area contributed by atoms with Gasteiger partial charge in [-0.25, -0.2) is 4.39 Å². The summed E-state index contributed by atoms with van der Waals surface area (Å²) in [7, 11) is 1.83. The Balaban J connectivity index is 2.46. The van der Waals surface area contributed by atoms with Crippen molar-refractivity contribution in [3.8, 4) is 0 Å². The Hall–Kier alpha value is -1.09. The van der Waals surface area contributed by atoms with Crippen LogP contribution >= 0.6 is 23.2 Å². The predicted molar refractivity (Wildman–Crippen MR) is 78.5 cm³/mol. The number of benzene rings is 2. The summed E-state index contributed by atoms with van der Waals surface area (Å²) in [5.41, 5.74) is 2.84. The molecule has 0 aromatic heterocycles. The van der Waals surface area contributed by atoms with Gasteiger partial charge >= 0.3 is 0 Å². The molecule has 0 amide bonds. The maximum Gasteiger partial charge on any atom is 0.124 e. The maximum atomic E-state index is 13.1. The van der Waals surface area contributed by atoms with Gasteiger partial charge in [0.25, 0.3) is 0 Å². The summed E-state index contributed by atoms with van der Waals surface area (Å²) in [6.45, 7) is 1.95. The average Bonchev–Trinajstić information content (AvgIpc) is 2.37. The predicted octanol–water partition coefficient (Wildman–Crippen LogP) is 4.75. The molecule has 1 nitrogen and oxygen atoms in total. The van der Waals surface area contributed by atoms with E-state index in [0.29, 0.717) is 10.0 Å². The summed E-state index contributed by atoms with van der Waals surface area (Å²) in [5.74, 6) is -0.342. The number of rotatable bonds is 3. The monoisotopic (exact) mass is 297 g/mol. The van der Waals surface area contributed by atoms with E-state index in [4.69, 9.17) is 23.2 Å². The van der Waals surface area contributed by atoms with Gasteiger partial charge in [-0.2, -0.15) is 0 Å². The molecule has 0 saturated carbocycles. The molecule has 0 aliphatic heterocycles. The second-order valence-electron chi connectivity index (χ2n) is 4.40. The molecule has 0 fully saturated rings. The highest BCUT2D eigenvalue weighted by atomic mass is 35.5. The molecule has 1 N–H and O–H groups in total. The van der Waals surface area contributed by atoms with Crippen LogP contribution in [0, 0.1) is 12.7 Å². The minimum absolute atomic E-state index is 0.119. The topological polar surface area (TPSA) is 12.0 Å². The molecule has 4 heteroatoms. The molecule has 2 aromatic carbocycles. The van der Waals surface area contributed by atoms with Crippen molar-refractivity contribution in [1.29, 1.82) is 0 Å². The fourth-order valence-corrected chi connectivity index (χ4v) is 2.49. The summed E-state index contributed by atoms with van der Waals surface area (Å²) in [6.07, 6.45) is 0. The molecule has 1 atom stereocenters. The summed E-state index contributed by atoms with van der Waals surface area (Å²) < 4.78 is 13.1. The van der Waals surface area contributed by atoms with E-state index in [1.807, 2.05) is 32.2 Å². The van der Waals surface area contributed by atoms with Gasteiger partial charge < -0.3 is 5.32 Å². The normalized spacial score (nSPS) is 12.5. The van der Waals surface area contributed by atoms with E-state index in [-0.39, 0.29) is 11.9 Å². The fraction of sp³-hybridized carbons (Fsp3) is 0.200. The summed E-state index contributed by atoms with van der Waals surface area (Å²) in [6, 6.07) is 10.1. The molecular weight excluding hydrogens is 284 g/mol. The van der Waals surface area contributed by atoms with Crippen LogP contribution in [0.3, 0.4) is 0 Å². The number of hydrogen-bond donors (Lipinski definition) is 1. The lowest BCUT2D eigenvalue weighted by Gasteiger charge is -2.19. The van der Waals surface area contributed by atoms with Gasteiger partial charge in [-0.1, -0.05) is 41.4 Å². The lowest BCUT2D eigenvalue weighted by molar-refractivity contribution is 0.623. The number of hydrogen-bond acceptors (Lipinski definition) is 1. The number of halogens is 3. The maximum absolute atomic E-state index is 13.1. The molecule has 0 radical (unpaired) electrons.